The molecule has 0 saturated heterocycles. The molecule has 6 heteroatoms. The fourth-order valence-corrected chi connectivity index (χ4v) is 2.61. The molecule has 1 amide bonds. The van der Waals surface area contributed by atoms with Gasteiger partial charge in [-0.3, -0.25) is 4.79 Å². The first-order valence-corrected chi connectivity index (χ1v) is 7.73. The monoisotopic (exact) mass is 331 g/mol. The number of carboxylic acid groups (broad SMARTS) is 1. The highest BCUT2D eigenvalue weighted by Crippen LogP contribution is 2.34. The van der Waals surface area contributed by atoms with Gasteiger partial charge in [-0.05, 0) is 29.5 Å². The lowest BCUT2D eigenvalue weighted by molar-refractivity contribution is 0.0691. The topological polar surface area (TPSA) is 66.8 Å². The van der Waals surface area contributed by atoms with Crippen LogP contribution in [0.1, 0.15) is 15.9 Å². The zero-order chi connectivity index (χ0) is 16.8. The Hall–Kier alpha value is -2.47. The number of aromatic carboxylic acids is 1. The summed E-state index contributed by atoms with van der Waals surface area (Å²) < 4.78 is 5.72. The van der Waals surface area contributed by atoms with Crippen molar-refractivity contribution < 1.29 is 19.4 Å². The van der Waals surface area contributed by atoms with E-state index in [1.54, 1.807) is 26.2 Å². The van der Waals surface area contributed by atoms with E-state index in [2.05, 4.69) is 0 Å². The summed E-state index contributed by atoms with van der Waals surface area (Å²) in [5.41, 5.74) is 0.958. The van der Waals surface area contributed by atoms with E-state index in [-0.39, 0.29) is 23.2 Å². The third-order valence-corrected chi connectivity index (χ3v) is 4.08. The smallest absolute Gasteiger partial charge is 0.339 e. The average molecular weight is 331 g/mol. The van der Waals surface area contributed by atoms with E-state index >= 15 is 0 Å². The van der Waals surface area contributed by atoms with Crippen LogP contribution in [0, 0.1) is 0 Å². The van der Waals surface area contributed by atoms with Crippen molar-refractivity contribution in [1.82, 2.24) is 4.90 Å². The number of carbonyl (C=O) groups excluding carboxylic acids is 1. The minimum atomic E-state index is -1.09. The maximum absolute atomic E-state index is 11.9. The van der Waals surface area contributed by atoms with E-state index in [1.807, 2.05) is 30.3 Å². The first kappa shape index (κ1) is 16.9. The number of benzene rings is 2. The van der Waals surface area contributed by atoms with Crippen LogP contribution in [0.5, 0.6) is 5.75 Å². The SMILES string of the molecule is CN(C)C(=O)Sc1cccc(C(=O)O)c1OCc1ccccc1. The third-order valence-electron chi connectivity index (χ3n) is 3.00. The summed E-state index contributed by atoms with van der Waals surface area (Å²) >= 11 is 0.944. The first-order valence-electron chi connectivity index (χ1n) is 6.91. The van der Waals surface area contributed by atoms with Gasteiger partial charge in [0, 0.05) is 14.1 Å². The first-order chi connectivity index (χ1) is 11.0. The van der Waals surface area contributed by atoms with Crippen LogP contribution in [-0.2, 0) is 6.61 Å². The molecule has 23 heavy (non-hydrogen) atoms. The zero-order valence-corrected chi connectivity index (χ0v) is 13.7. The molecule has 1 N–H and O–H groups in total. The molecule has 2 aromatic carbocycles. The van der Waals surface area contributed by atoms with Gasteiger partial charge in [0.25, 0.3) is 5.24 Å². The molecule has 0 fully saturated rings. The molecule has 0 aliphatic heterocycles. The van der Waals surface area contributed by atoms with E-state index in [0.29, 0.717) is 4.90 Å². The molecule has 0 heterocycles. The molecular formula is C17H17NO4S. The van der Waals surface area contributed by atoms with Crippen LogP contribution in [0.2, 0.25) is 0 Å². The number of amides is 1. The lowest BCUT2D eigenvalue weighted by Crippen LogP contribution is -2.16. The normalized spacial score (nSPS) is 10.2. The van der Waals surface area contributed by atoms with Crippen molar-refractivity contribution in [2.75, 3.05) is 14.1 Å². The Morgan fingerprint density at radius 2 is 1.78 bits per heavy atom. The highest BCUT2D eigenvalue weighted by atomic mass is 32.2. The van der Waals surface area contributed by atoms with Gasteiger partial charge >= 0.3 is 5.97 Å². The van der Waals surface area contributed by atoms with Gasteiger partial charge in [0.15, 0.2) is 0 Å². The van der Waals surface area contributed by atoms with Crippen molar-refractivity contribution in [3.05, 3.63) is 59.7 Å². The minimum absolute atomic E-state index is 0.0393. The number of nitrogens with zero attached hydrogens (tertiary/aromatic N) is 1. The van der Waals surface area contributed by atoms with Gasteiger partial charge in [-0.2, -0.15) is 0 Å². The molecule has 0 spiro atoms. The summed E-state index contributed by atoms with van der Waals surface area (Å²) in [7, 11) is 3.28. The Kier molecular flexibility index (Phi) is 5.65. The van der Waals surface area contributed by atoms with Gasteiger partial charge in [0.05, 0.1) is 4.90 Å². The van der Waals surface area contributed by atoms with Crippen molar-refractivity contribution in [2.24, 2.45) is 0 Å². The predicted octanol–water partition coefficient (Wildman–Crippen LogP) is 3.74. The molecule has 0 aromatic heterocycles. The van der Waals surface area contributed by atoms with Crippen molar-refractivity contribution in [1.29, 1.82) is 0 Å². The molecule has 0 saturated carbocycles. The number of ether oxygens (including phenoxy) is 1. The number of para-hydroxylation sites is 1. The van der Waals surface area contributed by atoms with Crippen molar-refractivity contribution >= 4 is 23.0 Å². The molecule has 120 valence electrons. The Bertz CT molecular complexity index is 701. The van der Waals surface area contributed by atoms with Crippen LogP contribution in [-0.4, -0.2) is 35.3 Å². The Morgan fingerprint density at radius 1 is 1.09 bits per heavy atom. The number of rotatable bonds is 5. The number of carboxylic acids is 1. The Balaban J connectivity index is 2.29. The molecule has 2 rings (SSSR count). The molecule has 0 aliphatic rings. The maximum Gasteiger partial charge on any atom is 0.339 e. The molecular weight excluding hydrogens is 314 g/mol. The molecule has 0 atom stereocenters. The summed E-state index contributed by atoms with van der Waals surface area (Å²) in [5.74, 6) is -0.878. The van der Waals surface area contributed by atoms with Gasteiger partial charge < -0.3 is 14.7 Å². The quantitative estimate of drug-likeness (QED) is 0.846. The fraction of sp³-hybridized carbons (Fsp3) is 0.176. The lowest BCUT2D eigenvalue weighted by atomic mass is 10.2. The van der Waals surface area contributed by atoms with E-state index in [9.17, 15) is 14.7 Å². The largest absolute Gasteiger partial charge is 0.487 e. The van der Waals surface area contributed by atoms with Crippen molar-refractivity contribution in [2.45, 2.75) is 11.5 Å². The van der Waals surface area contributed by atoms with Crippen LogP contribution in [0.3, 0.4) is 0 Å². The third kappa shape index (κ3) is 4.50. The van der Waals surface area contributed by atoms with E-state index < -0.39 is 5.97 Å². The highest BCUT2D eigenvalue weighted by molar-refractivity contribution is 8.13. The van der Waals surface area contributed by atoms with E-state index in [1.165, 1.54) is 11.0 Å². The molecule has 0 bridgehead atoms. The summed E-state index contributed by atoms with van der Waals surface area (Å²) in [6, 6.07) is 14.2. The van der Waals surface area contributed by atoms with Crippen molar-refractivity contribution in [3.8, 4) is 5.75 Å². The number of hydrogen-bond acceptors (Lipinski definition) is 4. The van der Waals surface area contributed by atoms with Gasteiger partial charge in [0.2, 0.25) is 0 Å². The summed E-state index contributed by atoms with van der Waals surface area (Å²) in [4.78, 5) is 25.2. The lowest BCUT2D eigenvalue weighted by Gasteiger charge is -2.15. The van der Waals surface area contributed by atoms with E-state index in [4.69, 9.17) is 4.74 Å². The van der Waals surface area contributed by atoms with Crippen molar-refractivity contribution in [3.63, 3.8) is 0 Å². The van der Waals surface area contributed by atoms with Gasteiger partial charge in [-0.15, -0.1) is 0 Å². The van der Waals surface area contributed by atoms with Crippen LogP contribution in [0.4, 0.5) is 4.79 Å². The van der Waals surface area contributed by atoms with E-state index in [0.717, 1.165) is 17.3 Å². The van der Waals surface area contributed by atoms with Crippen LogP contribution >= 0.6 is 11.8 Å². The van der Waals surface area contributed by atoms with Crippen LogP contribution in [0.25, 0.3) is 0 Å². The Morgan fingerprint density at radius 3 is 2.39 bits per heavy atom. The maximum atomic E-state index is 11.9. The molecule has 0 unspecified atom stereocenters. The van der Waals surface area contributed by atoms with Crippen LogP contribution < -0.4 is 4.74 Å². The fourth-order valence-electron chi connectivity index (χ4n) is 1.83. The molecule has 2 aromatic rings. The number of thioether (sulfide) groups is 1. The highest BCUT2D eigenvalue weighted by Gasteiger charge is 2.19. The molecule has 0 aliphatic carbocycles. The predicted molar refractivity (Wildman–Crippen MR) is 89.1 cm³/mol. The molecule has 0 radical (unpaired) electrons. The zero-order valence-electron chi connectivity index (χ0n) is 12.9. The number of hydrogen-bond donors (Lipinski definition) is 1. The second-order valence-corrected chi connectivity index (χ2v) is 5.97. The summed E-state index contributed by atoms with van der Waals surface area (Å²) in [6.45, 7) is 0.231. The number of carbonyl (C=O) groups is 2. The standard InChI is InChI=1S/C17H17NO4S/c1-18(2)17(21)23-14-10-6-9-13(16(19)20)15(14)22-11-12-7-4-3-5-8-12/h3-10H,11H2,1-2H3,(H,19,20). The summed E-state index contributed by atoms with van der Waals surface area (Å²) in [6.07, 6.45) is 0. The van der Waals surface area contributed by atoms with Gasteiger partial charge in [-0.1, -0.05) is 36.4 Å². The second-order valence-electron chi connectivity index (χ2n) is 4.97. The van der Waals surface area contributed by atoms with Crippen LogP contribution in [0.15, 0.2) is 53.4 Å². The Labute approximate surface area is 138 Å². The van der Waals surface area contributed by atoms with Gasteiger partial charge in [-0.25, -0.2) is 4.79 Å². The summed E-state index contributed by atoms with van der Waals surface area (Å²) in [5, 5.41) is 9.15. The average Bonchev–Trinajstić information content (AvgIpc) is 2.54. The minimum Gasteiger partial charge on any atom is -0.487 e. The van der Waals surface area contributed by atoms with Gasteiger partial charge in [0.1, 0.15) is 17.9 Å². The molecule has 5 nitrogen and oxygen atoms in total. The second kappa shape index (κ2) is 7.69.